The van der Waals surface area contributed by atoms with Gasteiger partial charge >= 0.3 is 0 Å². The lowest BCUT2D eigenvalue weighted by molar-refractivity contribution is -0.122. The first-order chi connectivity index (χ1) is 10.9. The van der Waals surface area contributed by atoms with Crippen LogP contribution in [0.5, 0.6) is 5.88 Å². The number of aliphatic hydroxyl groups excluding tert-OH is 1. The number of carbonyl (C=O) groups excluding carboxylic acids is 2. The van der Waals surface area contributed by atoms with Gasteiger partial charge in [-0.15, -0.1) is 0 Å². The van der Waals surface area contributed by atoms with Crippen LogP contribution < -0.4 is 4.74 Å². The molecule has 0 fully saturated rings. The number of nitrogens with zero attached hydrogens (tertiary/aromatic N) is 1. The lowest BCUT2D eigenvalue weighted by atomic mass is 9.80. The van der Waals surface area contributed by atoms with Gasteiger partial charge in [-0.25, -0.2) is 4.98 Å². The molecule has 0 saturated carbocycles. The third-order valence-electron chi connectivity index (χ3n) is 4.16. The maximum Gasteiger partial charge on any atom is 0.217 e. The van der Waals surface area contributed by atoms with E-state index in [-0.39, 0.29) is 48.1 Å². The van der Waals surface area contributed by atoms with Crippen LogP contribution in [-0.4, -0.2) is 28.8 Å². The Morgan fingerprint density at radius 1 is 1.39 bits per heavy atom. The lowest BCUT2D eigenvalue weighted by Gasteiger charge is -2.25. The molecule has 23 heavy (non-hydrogen) atoms. The van der Waals surface area contributed by atoms with Crippen molar-refractivity contribution >= 4 is 11.6 Å². The molecule has 0 bridgehead atoms. The molecule has 1 aliphatic carbocycles. The number of ether oxygens (including phenoxy) is 1. The van der Waals surface area contributed by atoms with Gasteiger partial charge in [-0.3, -0.25) is 9.59 Å². The summed E-state index contributed by atoms with van der Waals surface area (Å²) in [6.45, 7) is 5.69. The van der Waals surface area contributed by atoms with Crippen molar-refractivity contribution in [2.45, 2.75) is 52.4 Å². The molecule has 0 spiro atoms. The summed E-state index contributed by atoms with van der Waals surface area (Å²) < 4.78 is 5.36. The van der Waals surface area contributed by atoms with E-state index in [1.54, 1.807) is 7.11 Å². The van der Waals surface area contributed by atoms with Crippen molar-refractivity contribution in [1.82, 2.24) is 4.98 Å². The summed E-state index contributed by atoms with van der Waals surface area (Å²) in [4.78, 5) is 28.8. The smallest absolute Gasteiger partial charge is 0.217 e. The van der Waals surface area contributed by atoms with Gasteiger partial charge in [0.05, 0.1) is 12.7 Å². The number of allylic oxidation sites excluding steroid dienone is 2. The van der Waals surface area contributed by atoms with E-state index in [9.17, 15) is 14.7 Å². The van der Waals surface area contributed by atoms with Crippen LogP contribution >= 0.6 is 0 Å². The van der Waals surface area contributed by atoms with Gasteiger partial charge in [0.2, 0.25) is 5.88 Å². The zero-order chi connectivity index (χ0) is 17.1. The zero-order valence-corrected chi connectivity index (χ0v) is 14.1. The van der Waals surface area contributed by atoms with Crippen LogP contribution in [0, 0.1) is 13.8 Å². The first kappa shape index (κ1) is 17.2. The highest BCUT2D eigenvalue weighted by molar-refractivity contribution is 6.21. The SMILES string of the molecule is CCCC(=O)C1=C(O)CC(c2c(C)cc(C)nc2OC)CC1=O. The lowest BCUT2D eigenvalue weighted by Crippen LogP contribution is -2.24. The molecule has 1 N–H and O–H groups in total. The molecule has 1 atom stereocenters. The molecule has 5 heteroatoms. The summed E-state index contributed by atoms with van der Waals surface area (Å²) in [7, 11) is 1.54. The number of aliphatic hydroxyl groups is 1. The molecular weight excluding hydrogens is 294 g/mol. The Morgan fingerprint density at radius 2 is 2.09 bits per heavy atom. The van der Waals surface area contributed by atoms with E-state index < -0.39 is 0 Å². The van der Waals surface area contributed by atoms with E-state index in [0.717, 1.165) is 16.8 Å². The molecule has 124 valence electrons. The molecule has 1 unspecified atom stereocenters. The van der Waals surface area contributed by atoms with Crippen LogP contribution in [0.1, 0.15) is 55.3 Å². The number of aromatic nitrogens is 1. The molecule has 0 aromatic carbocycles. The summed E-state index contributed by atoms with van der Waals surface area (Å²) in [6.07, 6.45) is 1.39. The van der Waals surface area contributed by atoms with Crippen LogP contribution in [-0.2, 0) is 9.59 Å². The van der Waals surface area contributed by atoms with Crippen LogP contribution in [0.4, 0.5) is 0 Å². The Morgan fingerprint density at radius 3 is 2.65 bits per heavy atom. The Bertz CT molecular complexity index is 676. The fourth-order valence-electron chi connectivity index (χ4n) is 3.23. The fourth-order valence-corrected chi connectivity index (χ4v) is 3.23. The van der Waals surface area contributed by atoms with Gasteiger partial charge in [-0.1, -0.05) is 6.92 Å². The molecule has 1 aromatic heterocycles. The zero-order valence-electron chi connectivity index (χ0n) is 14.1. The van der Waals surface area contributed by atoms with Gasteiger partial charge in [-0.2, -0.15) is 0 Å². The predicted octanol–water partition coefficient (Wildman–Crippen LogP) is 3.33. The number of hydrogen-bond donors (Lipinski definition) is 1. The Hall–Kier alpha value is -2.17. The minimum Gasteiger partial charge on any atom is -0.511 e. The topological polar surface area (TPSA) is 76.5 Å². The number of ketones is 2. The van der Waals surface area contributed by atoms with Crippen LogP contribution in [0.2, 0.25) is 0 Å². The highest BCUT2D eigenvalue weighted by Gasteiger charge is 2.34. The number of aryl methyl sites for hydroxylation is 2. The molecule has 5 nitrogen and oxygen atoms in total. The number of carbonyl (C=O) groups is 2. The third kappa shape index (κ3) is 3.44. The van der Waals surface area contributed by atoms with Crippen molar-refractivity contribution in [2.75, 3.05) is 7.11 Å². The highest BCUT2D eigenvalue weighted by Crippen LogP contribution is 2.39. The molecule has 0 amide bonds. The van der Waals surface area contributed by atoms with E-state index in [4.69, 9.17) is 4.74 Å². The van der Waals surface area contributed by atoms with E-state index >= 15 is 0 Å². The summed E-state index contributed by atoms with van der Waals surface area (Å²) in [6, 6.07) is 1.93. The van der Waals surface area contributed by atoms with Crippen molar-refractivity contribution in [3.63, 3.8) is 0 Å². The fraction of sp³-hybridized carbons (Fsp3) is 0.500. The Labute approximate surface area is 136 Å². The molecule has 0 aliphatic heterocycles. The monoisotopic (exact) mass is 317 g/mol. The maximum atomic E-state index is 12.4. The third-order valence-corrected chi connectivity index (χ3v) is 4.16. The van der Waals surface area contributed by atoms with Gasteiger partial charge < -0.3 is 9.84 Å². The van der Waals surface area contributed by atoms with Gasteiger partial charge in [0, 0.05) is 36.4 Å². The Kier molecular flexibility index (Phi) is 5.19. The van der Waals surface area contributed by atoms with Gasteiger partial charge in [0.1, 0.15) is 5.76 Å². The highest BCUT2D eigenvalue weighted by atomic mass is 16.5. The number of pyridine rings is 1. The summed E-state index contributed by atoms with van der Waals surface area (Å²) in [5, 5.41) is 10.3. The Balaban J connectivity index is 2.40. The van der Waals surface area contributed by atoms with Crippen molar-refractivity contribution in [1.29, 1.82) is 0 Å². The second-order valence-electron chi connectivity index (χ2n) is 6.03. The summed E-state index contributed by atoms with van der Waals surface area (Å²) in [5.74, 6) is -0.398. The number of rotatable bonds is 5. The van der Waals surface area contributed by atoms with Gasteiger partial charge in [-0.05, 0) is 31.9 Å². The second kappa shape index (κ2) is 6.94. The largest absolute Gasteiger partial charge is 0.511 e. The predicted molar refractivity (Wildman–Crippen MR) is 86.8 cm³/mol. The molecule has 1 heterocycles. The number of Topliss-reactive ketones (excluding diaryl/α,β-unsaturated/α-hetero) is 2. The number of hydrogen-bond acceptors (Lipinski definition) is 5. The van der Waals surface area contributed by atoms with Crippen molar-refractivity contribution in [3.05, 3.63) is 34.2 Å². The second-order valence-corrected chi connectivity index (χ2v) is 6.03. The van der Waals surface area contributed by atoms with Crippen LogP contribution in [0.25, 0.3) is 0 Å². The van der Waals surface area contributed by atoms with Gasteiger partial charge in [0.25, 0.3) is 0 Å². The molecule has 1 aliphatic rings. The molecule has 2 rings (SSSR count). The quantitative estimate of drug-likeness (QED) is 0.843. The molecule has 0 saturated heterocycles. The van der Waals surface area contributed by atoms with E-state index in [1.165, 1.54) is 0 Å². The average molecular weight is 317 g/mol. The minimum absolute atomic E-state index is 0.0141. The number of methoxy groups -OCH3 is 1. The normalized spacial score (nSPS) is 18.3. The van der Waals surface area contributed by atoms with Crippen LogP contribution in [0.15, 0.2) is 17.4 Å². The first-order valence-electron chi connectivity index (χ1n) is 7.89. The summed E-state index contributed by atoms with van der Waals surface area (Å²) in [5.41, 5.74) is 2.63. The van der Waals surface area contributed by atoms with Crippen molar-refractivity contribution in [2.24, 2.45) is 0 Å². The van der Waals surface area contributed by atoms with Crippen molar-refractivity contribution < 1.29 is 19.4 Å². The molecule has 1 aromatic rings. The maximum absolute atomic E-state index is 12.4. The van der Waals surface area contributed by atoms with Gasteiger partial charge in [0.15, 0.2) is 11.6 Å². The van der Waals surface area contributed by atoms with Crippen LogP contribution in [0.3, 0.4) is 0 Å². The summed E-state index contributed by atoms with van der Waals surface area (Å²) >= 11 is 0. The van der Waals surface area contributed by atoms with E-state index in [1.807, 2.05) is 26.8 Å². The first-order valence-corrected chi connectivity index (χ1v) is 7.89. The van der Waals surface area contributed by atoms with E-state index in [2.05, 4.69) is 4.98 Å². The minimum atomic E-state index is -0.292. The van der Waals surface area contributed by atoms with Crippen molar-refractivity contribution in [3.8, 4) is 5.88 Å². The molecular formula is C18H23NO4. The van der Waals surface area contributed by atoms with E-state index in [0.29, 0.717) is 12.3 Å². The molecule has 0 radical (unpaired) electrons. The average Bonchev–Trinajstić information content (AvgIpc) is 2.45. The standard InChI is InChI=1S/C18H23NO4/c1-5-6-13(20)17-14(21)8-12(9-15(17)22)16-10(2)7-11(3)19-18(16)23-4/h7,12,21H,5-6,8-9H2,1-4H3.